The number of amides is 2. The maximum absolute atomic E-state index is 11.2. The van der Waals surface area contributed by atoms with Crippen LogP contribution in [0.15, 0.2) is 0 Å². The van der Waals surface area contributed by atoms with Crippen molar-refractivity contribution in [3.63, 3.8) is 0 Å². The van der Waals surface area contributed by atoms with E-state index in [1.807, 2.05) is 20.8 Å². The summed E-state index contributed by atoms with van der Waals surface area (Å²) in [6.07, 6.45) is 0.701. The van der Waals surface area contributed by atoms with Crippen molar-refractivity contribution >= 4 is 12.0 Å². The maximum Gasteiger partial charge on any atom is 0.407 e. The van der Waals surface area contributed by atoms with Crippen LogP contribution >= 0.6 is 0 Å². The van der Waals surface area contributed by atoms with E-state index in [0.717, 1.165) is 13.0 Å². The summed E-state index contributed by atoms with van der Waals surface area (Å²) in [6, 6.07) is 0. The summed E-state index contributed by atoms with van der Waals surface area (Å²) in [5.74, 6) is -0.315. The Kier molecular flexibility index (Phi) is 7.29. The Morgan fingerprint density at radius 3 is 2.35 bits per heavy atom. The second kappa shape index (κ2) is 7.89. The van der Waals surface area contributed by atoms with Crippen molar-refractivity contribution in [3.05, 3.63) is 0 Å². The molecule has 0 aliphatic heterocycles. The summed E-state index contributed by atoms with van der Waals surface area (Å²) in [7, 11) is 0. The molecule has 17 heavy (non-hydrogen) atoms. The average Bonchev–Trinajstić information content (AvgIpc) is 2.12. The van der Waals surface area contributed by atoms with Crippen LogP contribution < -0.4 is 16.4 Å². The Morgan fingerprint density at radius 1 is 1.18 bits per heavy atom. The molecule has 0 aliphatic rings. The minimum atomic E-state index is -0.468. The van der Waals surface area contributed by atoms with Crippen LogP contribution in [0.1, 0.15) is 33.6 Å². The standard InChI is InChI=1S/C11H23N3O3/c1-11(2,3)17-10(16)14-7-4-6-13-8-5-9(12)15/h13H,4-8H2,1-3H3,(H2,12,15)(H,14,16). The van der Waals surface area contributed by atoms with Gasteiger partial charge in [0.2, 0.25) is 5.91 Å². The van der Waals surface area contributed by atoms with Gasteiger partial charge in [-0.3, -0.25) is 4.79 Å². The van der Waals surface area contributed by atoms with Gasteiger partial charge in [-0.2, -0.15) is 0 Å². The van der Waals surface area contributed by atoms with E-state index in [2.05, 4.69) is 10.6 Å². The molecule has 0 radical (unpaired) electrons. The minimum Gasteiger partial charge on any atom is -0.444 e. The average molecular weight is 245 g/mol. The van der Waals surface area contributed by atoms with E-state index in [4.69, 9.17) is 10.5 Å². The Balaban J connectivity index is 3.34. The molecule has 0 bridgehead atoms. The fourth-order valence-electron chi connectivity index (χ4n) is 1.05. The molecule has 0 fully saturated rings. The lowest BCUT2D eigenvalue weighted by Crippen LogP contribution is -2.34. The third-order valence-electron chi connectivity index (χ3n) is 1.75. The molecule has 0 rings (SSSR count). The van der Waals surface area contributed by atoms with Gasteiger partial charge in [0.1, 0.15) is 5.60 Å². The zero-order valence-electron chi connectivity index (χ0n) is 10.8. The van der Waals surface area contributed by atoms with Gasteiger partial charge in [0, 0.05) is 19.5 Å². The number of primary amides is 1. The highest BCUT2D eigenvalue weighted by Crippen LogP contribution is 2.06. The first kappa shape index (κ1) is 15.7. The summed E-state index contributed by atoms with van der Waals surface area (Å²) >= 11 is 0. The topological polar surface area (TPSA) is 93.4 Å². The smallest absolute Gasteiger partial charge is 0.407 e. The van der Waals surface area contributed by atoms with Gasteiger partial charge >= 0.3 is 6.09 Å². The number of ether oxygens (including phenoxy) is 1. The van der Waals surface area contributed by atoms with Crippen LogP contribution in [0.3, 0.4) is 0 Å². The van der Waals surface area contributed by atoms with Gasteiger partial charge in [-0.15, -0.1) is 0 Å². The van der Waals surface area contributed by atoms with Crippen LogP contribution in [0.4, 0.5) is 4.79 Å². The maximum atomic E-state index is 11.2. The molecule has 0 saturated carbocycles. The lowest BCUT2D eigenvalue weighted by Gasteiger charge is -2.19. The SMILES string of the molecule is CC(C)(C)OC(=O)NCCCNCCC(N)=O. The first-order valence-electron chi connectivity index (χ1n) is 5.77. The minimum absolute atomic E-state index is 0.315. The summed E-state index contributed by atoms with van der Waals surface area (Å²) < 4.78 is 5.07. The first-order valence-corrected chi connectivity index (χ1v) is 5.77. The molecule has 0 unspecified atom stereocenters. The summed E-state index contributed by atoms with van der Waals surface area (Å²) in [5.41, 5.74) is 4.51. The lowest BCUT2D eigenvalue weighted by molar-refractivity contribution is -0.117. The number of rotatable bonds is 7. The molecule has 0 aromatic heterocycles. The molecule has 0 saturated heterocycles. The molecular formula is C11H23N3O3. The van der Waals surface area contributed by atoms with Crippen molar-refractivity contribution < 1.29 is 14.3 Å². The van der Waals surface area contributed by atoms with E-state index in [9.17, 15) is 9.59 Å². The van der Waals surface area contributed by atoms with Crippen LogP contribution in [-0.4, -0.2) is 37.2 Å². The molecule has 0 aliphatic carbocycles. The van der Waals surface area contributed by atoms with Gasteiger partial charge in [-0.25, -0.2) is 4.79 Å². The van der Waals surface area contributed by atoms with E-state index in [0.29, 0.717) is 19.5 Å². The number of carbonyl (C=O) groups excluding carboxylic acids is 2. The second-order valence-electron chi connectivity index (χ2n) is 4.75. The normalized spacial score (nSPS) is 11.0. The van der Waals surface area contributed by atoms with Crippen LogP contribution in [0.25, 0.3) is 0 Å². The van der Waals surface area contributed by atoms with E-state index in [1.165, 1.54) is 0 Å². The third-order valence-corrected chi connectivity index (χ3v) is 1.75. The quantitative estimate of drug-likeness (QED) is 0.565. The van der Waals surface area contributed by atoms with E-state index >= 15 is 0 Å². The van der Waals surface area contributed by atoms with Crippen molar-refractivity contribution in [2.75, 3.05) is 19.6 Å². The van der Waals surface area contributed by atoms with Crippen LogP contribution in [0.5, 0.6) is 0 Å². The number of alkyl carbamates (subject to hydrolysis) is 1. The molecule has 2 amide bonds. The fraction of sp³-hybridized carbons (Fsp3) is 0.818. The van der Waals surface area contributed by atoms with Crippen molar-refractivity contribution in [1.29, 1.82) is 0 Å². The monoisotopic (exact) mass is 245 g/mol. The van der Waals surface area contributed by atoms with Crippen molar-refractivity contribution in [3.8, 4) is 0 Å². The van der Waals surface area contributed by atoms with E-state index in [-0.39, 0.29) is 5.91 Å². The Hall–Kier alpha value is -1.30. The molecule has 0 atom stereocenters. The zero-order chi connectivity index (χ0) is 13.3. The van der Waals surface area contributed by atoms with Crippen molar-refractivity contribution in [2.45, 2.75) is 39.2 Å². The largest absolute Gasteiger partial charge is 0.444 e. The molecule has 0 aromatic rings. The van der Waals surface area contributed by atoms with Gasteiger partial charge < -0.3 is 21.1 Å². The van der Waals surface area contributed by atoms with E-state index in [1.54, 1.807) is 0 Å². The number of hydrogen-bond acceptors (Lipinski definition) is 4. The van der Waals surface area contributed by atoms with Gasteiger partial charge in [-0.1, -0.05) is 0 Å². The number of nitrogens with two attached hydrogens (primary N) is 1. The number of nitrogens with one attached hydrogen (secondary N) is 2. The molecular weight excluding hydrogens is 222 g/mol. The van der Waals surface area contributed by atoms with Gasteiger partial charge in [0.05, 0.1) is 0 Å². The van der Waals surface area contributed by atoms with Gasteiger partial charge in [-0.05, 0) is 33.7 Å². The third kappa shape index (κ3) is 12.6. The highest BCUT2D eigenvalue weighted by Gasteiger charge is 2.15. The molecule has 6 heteroatoms. The molecule has 0 spiro atoms. The Morgan fingerprint density at radius 2 is 1.82 bits per heavy atom. The highest BCUT2D eigenvalue weighted by molar-refractivity contribution is 5.73. The zero-order valence-corrected chi connectivity index (χ0v) is 10.8. The fourth-order valence-corrected chi connectivity index (χ4v) is 1.05. The summed E-state index contributed by atoms with van der Waals surface area (Å²) in [4.78, 5) is 21.6. The molecule has 0 aromatic carbocycles. The molecule has 6 nitrogen and oxygen atoms in total. The Bertz CT molecular complexity index is 249. The lowest BCUT2D eigenvalue weighted by atomic mass is 10.2. The van der Waals surface area contributed by atoms with Gasteiger partial charge in [0.25, 0.3) is 0 Å². The van der Waals surface area contributed by atoms with Gasteiger partial charge in [0.15, 0.2) is 0 Å². The van der Waals surface area contributed by atoms with Crippen LogP contribution in [0.2, 0.25) is 0 Å². The number of carbonyl (C=O) groups is 2. The molecule has 100 valence electrons. The van der Waals surface area contributed by atoms with Crippen LogP contribution in [0, 0.1) is 0 Å². The predicted molar refractivity (Wildman–Crippen MR) is 65.5 cm³/mol. The first-order chi connectivity index (χ1) is 7.81. The van der Waals surface area contributed by atoms with Crippen molar-refractivity contribution in [2.24, 2.45) is 5.73 Å². The highest BCUT2D eigenvalue weighted by atomic mass is 16.6. The molecule has 4 N–H and O–H groups in total. The molecule has 0 heterocycles. The van der Waals surface area contributed by atoms with E-state index < -0.39 is 11.7 Å². The summed E-state index contributed by atoms with van der Waals surface area (Å²) in [5, 5.41) is 5.69. The summed E-state index contributed by atoms with van der Waals surface area (Å²) in [6.45, 7) is 7.29. The second-order valence-corrected chi connectivity index (χ2v) is 4.75. The van der Waals surface area contributed by atoms with Crippen LogP contribution in [-0.2, 0) is 9.53 Å². The van der Waals surface area contributed by atoms with Crippen molar-refractivity contribution in [1.82, 2.24) is 10.6 Å². The Labute approximate surface area is 102 Å². The number of hydrogen-bond donors (Lipinski definition) is 3. The predicted octanol–water partition coefficient (Wildman–Crippen LogP) is 0.366.